The summed E-state index contributed by atoms with van der Waals surface area (Å²) in [5.74, 6) is 1.84. The topological polar surface area (TPSA) is 43.8 Å². The number of imidazole rings is 1. The number of thioether (sulfide) groups is 1. The maximum atomic E-state index is 5.91. The van der Waals surface area contributed by atoms with Crippen LogP contribution in [0.3, 0.4) is 0 Å². The van der Waals surface area contributed by atoms with Crippen LogP contribution < -0.4 is 5.73 Å². The number of unbranched alkanes of at least 4 members (excludes halogenated alkanes) is 1. The van der Waals surface area contributed by atoms with Gasteiger partial charge in [0.15, 0.2) is 0 Å². The lowest BCUT2D eigenvalue weighted by atomic mass is 10.3. The Morgan fingerprint density at radius 1 is 1.31 bits per heavy atom. The SMILES string of the molecule is CSCCCCn1c(N)nc2ccccc21. The largest absolute Gasteiger partial charge is 0.369 e. The van der Waals surface area contributed by atoms with Gasteiger partial charge in [-0.3, -0.25) is 0 Å². The van der Waals surface area contributed by atoms with Crippen molar-refractivity contribution in [3.63, 3.8) is 0 Å². The first-order valence-electron chi connectivity index (χ1n) is 5.52. The monoisotopic (exact) mass is 235 g/mol. The molecule has 0 unspecified atom stereocenters. The summed E-state index contributed by atoms with van der Waals surface area (Å²) >= 11 is 1.89. The summed E-state index contributed by atoms with van der Waals surface area (Å²) in [7, 11) is 0. The van der Waals surface area contributed by atoms with Gasteiger partial charge < -0.3 is 10.3 Å². The van der Waals surface area contributed by atoms with Gasteiger partial charge in [-0.1, -0.05) is 12.1 Å². The smallest absolute Gasteiger partial charge is 0.201 e. The third-order valence-corrected chi connectivity index (χ3v) is 3.36. The van der Waals surface area contributed by atoms with Crippen LogP contribution in [0.5, 0.6) is 0 Å². The fourth-order valence-corrected chi connectivity index (χ4v) is 2.34. The van der Waals surface area contributed by atoms with Crippen molar-refractivity contribution in [2.75, 3.05) is 17.7 Å². The molecule has 0 saturated carbocycles. The summed E-state index contributed by atoms with van der Waals surface area (Å²) in [4.78, 5) is 4.35. The Balaban J connectivity index is 2.13. The molecular weight excluding hydrogens is 218 g/mol. The maximum absolute atomic E-state index is 5.91. The Bertz CT molecular complexity index is 464. The zero-order valence-electron chi connectivity index (χ0n) is 9.52. The number of fused-ring (bicyclic) bond motifs is 1. The first-order valence-corrected chi connectivity index (χ1v) is 6.92. The molecule has 0 aliphatic rings. The van der Waals surface area contributed by atoms with Crippen molar-refractivity contribution < 1.29 is 0 Å². The van der Waals surface area contributed by atoms with Gasteiger partial charge >= 0.3 is 0 Å². The number of anilines is 1. The van der Waals surface area contributed by atoms with Gasteiger partial charge in [0.05, 0.1) is 11.0 Å². The fourth-order valence-electron chi connectivity index (χ4n) is 1.85. The third-order valence-electron chi connectivity index (χ3n) is 2.66. The van der Waals surface area contributed by atoms with Gasteiger partial charge in [-0.15, -0.1) is 0 Å². The molecule has 3 nitrogen and oxygen atoms in total. The Morgan fingerprint density at radius 2 is 2.12 bits per heavy atom. The summed E-state index contributed by atoms with van der Waals surface area (Å²) in [5.41, 5.74) is 8.05. The van der Waals surface area contributed by atoms with E-state index < -0.39 is 0 Å². The minimum absolute atomic E-state index is 0.630. The van der Waals surface area contributed by atoms with E-state index >= 15 is 0 Å². The van der Waals surface area contributed by atoms with E-state index in [-0.39, 0.29) is 0 Å². The molecule has 1 heterocycles. The molecule has 0 spiro atoms. The summed E-state index contributed by atoms with van der Waals surface area (Å²) in [6.45, 7) is 0.965. The number of aryl methyl sites for hydroxylation is 1. The molecule has 0 atom stereocenters. The van der Waals surface area contributed by atoms with E-state index in [0.717, 1.165) is 24.0 Å². The molecule has 0 bridgehead atoms. The number of benzene rings is 1. The zero-order chi connectivity index (χ0) is 11.4. The molecule has 0 aliphatic carbocycles. The molecule has 2 rings (SSSR count). The van der Waals surface area contributed by atoms with Crippen molar-refractivity contribution in [1.29, 1.82) is 0 Å². The highest BCUT2D eigenvalue weighted by Gasteiger charge is 2.06. The molecule has 2 aromatic rings. The second kappa shape index (κ2) is 5.25. The van der Waals surface area contributed by atoms with E-state index in [1.807, 2.05) is 30.0 Å². The van der Waals surface area contributed by atoms with E-state index in [1.165, 1.54) is 12.2 Å². The van der Waals surface area contributed by atoms with E-state index in [0.29, 0.717) is 5.95 Å². The number of nitrogen functional groups attached to an aromatic ring is 1. The van der Waals surface area contributed by atoms with E-state index in [4.69, 9.17) is 5.73 Å². The lowest BCUT2D eigenvalue weighted by molar-refractivity contribution is 0.656. The molecule has 0 saturated heterocycles. The molecule has 0 radical (unpaired) electrons. The average Bonchev–Trinajstić information content (AvgIpc) is 2.61. The number of hydrogen-bond donors (Lipinski definition) is 1. The number of rotatable bonds is 5. The Labute approximate surface area is 100 Å². The predicted molar refractivity (Wildman–Crippen MR) is 71.8 cm³/mol. The lowest BCUT2D eigenvalue weighted by Crippen LogP contribution is -2.03. The summed E-state index contributed by atoms with van der Waals surface area (Å²) in [5, 5.41) is 0. The highest BCUT2D eigenvalue weighted by atomic mass is 32.2. The molecule has 4 heteroatoms. The number of para-hydroxylation sites is 2. The molecule has 1 aromatic carbocycles. The van der Waals surface area contributed by atoms with Crippen LogP contribution in [-0.2, 0) is 6.54 Å². The number of nitrogens with two attached hydrogens (primary N) is 1. The average molecular weight is 235 g/mol. The van der Waals surface area contributed by atoms with Gasteiger partial charge in [-0.05, 0) is 37.0 Å². The Morgan fingerprint density at radius 3 is 2.94 bits per heavy atom. The van der Waals surface area contributed by atoms with Crippen LogP contribution in [0.25, 0.3) is 11.0 Å². The molecule has 1 aromatic heterocycles. The maximum Gasteiger partial charge on any atom is 0.201 e. The van der Waals surface area contributed by atoms with Crippen molar-refractivity contribution in [3.8, 4) is 0 Å². The molecular formula is C12H17N3S. The number of aromatic nitrogens is 2. The van der Waals surface area contributed by atoms with Gasteiger partial charge in [0.25, 0.3) is 0 Å². The molecule has 16 heavy (non-hydrogen) atoms. The van der Waals surface area contributed by atoms with Crippen LogP contribution in [-0.4, -0.2) is 21.6 Å². The first-order chi connectivity index (χ1) is 7.83. The van der Waals surface area contributed by atoms with Crippen LogP contribution >= 0.6 is 11.8 Å². The zero-order valence-corrected chi connectivity index (χ0v) is 10.3. The van der Waals surface area contributed by atoms with Gasteiger partial charge in [0.2, 0.25) is 5.95 Å². The molecule has 0 aliphatic heterocycles. The van der Waals surface area contributed by atoms with Crippen LogP contribution in [0.1, 0.15) is 12.8 Å². The minimum Gasteiger partial charge on any atom is -0.369 e. The Hall–Kier alpha value is -1.16. The van der Waals surface area contributed by atoms with Crippen molar-refractivity contribution >= 4 is 28.7 Å². The van der Waals surface area contributed by atoms with Crippen LogP contribution in [0.2, 0.25) is 0 Å². The van der Waals surface area contributed by atoms with Gasteiger partial charge in [-0.25, -0.2) is 4.98 Å². The summed E-state index contributed by atoms with van der Waals surface area (Å²) < 4.78 is 2.11. The quantitative estimate of drug-likeness (QED) is 0.810. The second-order valence-corrected chi connectivity index (χ2v) is 4.80. The van der Waals surface area contributed by atoms with Gasteiger partial charge in [0, 0.05) is 6.54 Å². The van der Waals surface area contributed by atoms with Crippen molar-refractivity contribution in [3.05, 3.63) is 24.3 Å². The number of nitrogens with zero attached hydrogens (tertiary/aromatic N) is 2. The van der Waals surface area contributed by atoms with Crippen LogP contribution in [0.15, 0.2) is 24.3 Å². The van der Waals surface area contributed by atoms with Crippen LogP contribution in [0.4, 0.5) is 5.95 Å². The van der Waals surface area contributed by atoms with Crippen molar-refractivity contribution in [1.82, 2.24) is 9.55 Å². The first kappa shape index (κ1) is 11.3. The van der Waals surface area contributed by atoms with E-state index in [9.17, 15) is 0 Å². The van der Waals surface area contributed by atoms with Gasteiger partial charge in [-0.2, -0.15) is 11.8 Å². The van der Waals surface area contributed by atoms with Crippen molar-refractivity contribution in [2.24, 2.45) is 0 Å². The predicted octanol–water partition coefficient (Wildman–Crippen LogP) is 2.76. The van der Waals surface area contributed by atoms with Crippen molar-refractivity contribution in [2.45, 2.75) is 19.4 Å². The highest BCUT2D eigenvalue weighted by molar-refractivity contribution is 7.98. The lowest BCUT2D eigenvalue weighted by Gasteiger charge is -2.05. The third kappa shape index (κ3) is 2.32. The molecule has 2 N–H and O–H groups in total. The minimum atomic E-state index is 0.630. The number of hydrogen-bond acceptors (Lipinski definition) is 3. The molecule has 0 amide bonds. The normalized spacial score (nSPS) is 11.1. The van der Waals surface area contributed by atoms with Gasteiger partial charge in [0.1, 0.15) is 0 Å². The van der Waals surface area contributed by atoms with E-state index in [1.54, 1.807) is 0 Å². The highest BCUT2D eigenvalue weighted by Crippen LogP contribution is 2.18. The summed E-state index contributed by atoms with van der Waals surface area (Å²) in [6, 6.07) is 8.10. The standard InChI is InChI=1S/C12H17N3S/c1-16-9-5-4-8-15-11-7-3-2-6-10(11)14-12(15)13/h2-3,6-7H,4-5,8-9H2,1H3,(H2,13,14). The molecule has 0 fully saturated rings. The fraction of sp³-hybridized carbons (Fsp3) is 0.417. The summed E-state index contributed by atoms with van der Waals surface area (Å²) in [6.07, 6.45) is 4.53. The van der Waals surface area contributed by atoms with Crippen LogP contribution in [0, 0.1) is 0 Å². The van der Waals surface area contributed by atoms with E-state index in [2.05, 4.69) is 21.9 Å². The Kier molecular flexibility index (Phi) is 3.72. The second-order valence-electron chi connectivity index (χ2n) is 3.81. The molecule has 86 valence electrons.